The number of nitrogens with zero attached hydrogens (tertiary/aromatic N) is 3. The van der Waals surface area contributed by atoms with Gasteiger partial charge in [-0.05, 0) is 12.8 Å². The van der Waals surface area contributed by atoms with Crippen LogP contribution in [-0.4, -0.2) is 51.3 Å². The van der Waals surface area contributed by atoms with Crippen LogP contribution in [0.25, 0.3) is 0 Å². The van der Waals surface area contributed by atoms with E-state index in [0.717, 1.165) is 30.6 Å². The number of carboxylic acids is 1. The van der Waals surface area contributed by atoms with Crippen molar-refractivity contribution in [1.82, 2.24) is 15.0 Å². The van der Waals surface area contributed by atoms with Crippen LogP contribution in [0.4, 0.5) is 13.2 Å². The number of carbonyl (C=O) groups excluding carboxylic acids is 1. The molecule has 1 aliphatic heterocycles. The molecule has 1 N–H and O–H groups in total. The summed E-state index contributed by atoms with van der Waals surface area (Å²) in [6.07, 6.45) is -0.379. The highest BCUT2D eigenvalue weighted by Crippen LogP contribution is 2.38. The van der Waals surface area contributed by atoms with Crippen molar-refractivity contribution in [3.63, 3.8) is 0 Å². The van der Waals surface area contributed by atoms with Crippen LogP contribution in [0.15, 0.2) is 4.52 Å². The summed E-state index contributed by atoms with van der Waals surface area (Å²) in [5.74, 6) is -4.58. The minimum absolute atomic E-state index is 0.0940. The number of rotatable bonds is 5. The number of carbonyl (C=O) groups is 2. The van der Waals surface area contributed by atoms with Gasteiger partial charge < -0.3 is 14.5 Å². The zero-order chi connectivity index (χ0) is 18.9. The predicted molar refractivity (Wildman–Crippen MR) is 81.1 cm³/mol. The largest absolute Gasteiger partial charge is 0.481 e. The van der Waals surface area contributed by atoms with Gasteiger partial charge in [0.05, 0.1) is 11.8 Å². The van der Waals surface area contributed by atoms with Crippen molar-refractivity contribution in [3.05, 3.63) is 11.7 Å². The molecule has 1 aromatic heterocycles. The Labute approximate surface area is 147 Å². The number of halogens is 3. The van der Waals surface area contributed by atoms with Gasteiger partial charge in [0.25, 0.3) is 0 Å². The molecule has 3 rings (SSSR count). The maximum Gasteiger partial charge on any atom is 0.394 e. The first-order valence-electron chi connectivity index (χ1n) is 8.65. The molecule has 7 nitrogen and oxygen atoms in total. The lowest BCUT2D eigenvalue weighted by Gasteiger charge is -2.18. The molecule has 1 amide bonds. The maximum absolute atomic E-state index is 13.0. The Hall–Kier alpha value is -2.13. The first-order valence-corrected chi connectivity index (χ1v) is 8.65. The number of carboxylic acid groups (broad SMARTS) is 1. The Kier molecular flexibility index (Phi) is 5.19. The fraction of sp³-hybridized carbons (Fsp3) is 0.750. The molecular formula is C16H20F3N3O4. The SMILES string of the molecule is O=C(O)[C@@H]1CN(C(=O)CCc2nc(C3CCCC3)no2)C[C@H]1C(F)(F)F. The van der Waals surface area contributed by atoms with Gasteiger partial charge in [0.1, 0.15) is 0 Å². The van der Waals surface area contributed by atoms with Crippen LogP contribution in [0.3, 0.4) is 0 Å². The summed E-state index contributed by atoms with van der Waals surface area (Å²) in [4.78, 5) is 28.5. The Morgan fingerprint density at radius 2 is 1.92 bits per heavy atom. The van der Waals surface area contributed by atoms with Crippen LogP contribution < -0.4 is 0 Å². The van der Waals surface area contributed by atoms with E-state index in [0.29, 0.717) is 5.82 Å². The minimum Gasteiger partial charge on any atom is -0.481 e. The monoisotopic (exact) mass is 375 g/mol. The smallest absolute Gasteiger partial charge is 0.394 e. The van der Waals surface area contributed by atoms with Crippen LogP contribution in [0.2, 0.25) is 0 Å². The van der Waals surface area contributed by atoms with Crippen LogP contribution in [-0.2, 0) is 16.0 Å². The molecule has 2 atom stereocenters. The van der Waals surface area contributed by atoms with Gasteiger partial charge in [-0.15, -0.1) is 0 Å². The van der Waals surface area contributed by atoms with Gasteiger partial charge in [0.2, 0.25) is 11.8 Å². The highest BCUT2D eigenvalue weighted by Gasteiger charge is 2.53. The van der Waals surface area contributed by atoms with Crippen molar-refractivity contribution in [1.29, 1.82) is 0 Å². The molecule has 144 valence electrons. The number of hydrogen-bond donors (Lipinski definition) is 1. The molecule has 1 aliphatic carbocycles. The zero-order valence-electron chi connectivity index (χ0n) is 14.0. The van der Waals surface area contributed by atoms with Gasteiger partial charge in [-0.1, -0.05) is 18.0 Å². The van der Waals surface area contributed by atoms with E-state index in [1.165, 1.54) is 0 Å². The number of amides is 1. The second-order valence-electron chi connectivity index (χ2n) is 6.92. The summed E-state index contributed by atoms with van der Waals surface area (Å²) in [6.45, 7) is -1.06. The summed E-state index contributed by atoms with van der Waals surface area (Å²) >= 11 is 0. The molecule has 0 aromatic carbocycles. The van der Waals surface area contributed by atoms with E-state index in [1.54, 1.807) is 0 Å². The van der Waals surface area contributed by atoms with Gasteiger partial charge >= 0.3 is 12.1 Å². The molecule has 26 heavy (non-hydrogen) atoms. The number of aromatic nitrogens is 2. The Morgan fingerprint density at radius 3 is 2.50 bits per heavy atom. The van der Waals surface area contributed by atoms with Crippen LogP contribution in [0, 0.1) is 11.8 Å². The Bertz CT molecular complexity index is 670. The average Bonchev–Trinajstić information content (AvgIpc) is 3.30. The molecule has 1 aromatic rings. The van der Waals surface area contributed by atoms with E-state index in [-0.39, 0.29) is 24.7 Å². The van der Waals surface area contributed by atoms with Gasteiger partial charge in [0.15, 0.2) is 5.82 Å². The third kappa shape index (κ3) is 3.99. The summed E-state index contributed by atoms with van der Waals surface area (Å²) in [5.41, 5.74) is 0. The maximum atomic E-state index is 13.0. The lowest BCUT2D eigenvalue weighted by Crippen LogP contribution is -2.34. The minimum atomic E-state index is -4.65. The molecule has 1 saturated carbocycles. The van der Waals surface area contributed by atoms with Crippen LogP contribution >= 0.6 is 0 Å². The van der Waals surface area contributed by atoms with E-state index < -0.39 is 43.0 Å². The van der Waals surface area contributed by atoms with E-state index in [2.05, 4.69) is 10.1 Å². The van der Waals surface area contributed by atoms with Crippen molar-refractivity contribution in [2.45, 2.75) is 50.6 Å². The quantitative estimate of drug-likeness (QED) is 0.849. The van der Waals surface area contributed by atoms with E-state index in [9.17, 15) is 22.8 Å². The number of aliphatic carboxylic acids is 1. The topological polar surface area (TPSA) is 96.5 Å². The highest BCUT2D eigenvalue weighted by atomic mass is 19.4. The van der Waals surface area contributed by atoms with Crippen LogP contribution in [0.5, 0.6) is 0 Å². The summed E-state index contributed by atoms with van der Waals surface area (Å²) < 4.78 is 44.0. The summed E-state index contributed by atoms with van der Waals surface area (Å²) in [5, 5.41) is 12.9. The molecule has 1 saturated heterocycles. The molecule has 0 unspecified atom stereocenters. The van der Waals surface area contributed by atoms with Crippen molar-refractivity contribution >= 4 is 11.9 Å². The third-order valence-corrected chi connectivity index (χ3v) is 5.17. The first-order chi connectivity index (χ1) is 12.3. The predicted octanol–water partition coefficient (Wildman–Crippen LogP) is 2.38. The number of hydrogen-bond acceptors (Lipinski definition) is 5. The normalized spacial score (nSPS) is 24.3. The number of aryl methyl sites for hydroxylation is 1. The fourth-order valence-corrected chi connectivity index (χ4v) is 3.68. The Balaban J connectivity index is 1.56. The van der Waals surface area contributed by atoms with E-state index >= 15 is 0 Å². The summed E-state index contributed by atoms with van der Waals surface area (Å²) in [7, 11) is 0. The first kappa shape index (κ1) is 18.7. The third-order valence-electron chi connectivity index (χ3n) is 5.17. The average molecular weight is 375 g/mol. The summed E-state index contributed by atoms with van der Waals surface area (Å²) in [6, 6.07) is 0. The Morgan fingerprint density at radius 1 is 1.23 bits per heavy atom. The molecular weight excluding hydrogens is 355 g/mol. The number of alkyl halides is 3. The lowest BCUT2D eigenvalue weighted by molar-refractivity contribution is -0.188. The molecule has 2 fully saturated rings. The van der Waals surface area contributed by atoms with Gasteiger partial charge in [-0.3, -0.25) is 9.59 Å². The molecule has 0 spiro atoms. The highest BCUT2D eigenvalue weighted by molar-refractivity contribution is 5.79. The van der Waals surface area contributed by atoms with Gasteiger partial charge in [-0.25, -0.2) is 0 Å². The molecule has 2 heterocycles. The van der Waals surface area contributed by atoms with Crippen molar-refractivity contribution in [3.8, 4) is 0 Å². The molecule has 10 heteroatoms. The van der Waals surface area contributed by atoms with Crippen molar-refractivity contribution in [2.24, 2.45) is 11.8 Å². The van der Waals surface area contributed by atoms with Crippen LogP contribution in [0.1, 0.15) is 49.7 Å². The second-order valence-corrected chi connectivity index (χ2v) is 6.92. The fourth-order valence-electron chi connectivity index (χ4n) is 3.68. The molecule has 2 aliphatic rings. The zero-order valence-corrected chi connectivity index (χ0v) is 14.0. The van der Waals surface area contributed by atoms with E-state index in [1.807, 2.05) is 0 Å². The standard InChI is InChI=1S/C16H20F3N3O4/c17-16(18,19)11-8-22(7-10(11)15(24)25)13(23)6-5-12-20-14(21-26-12)9-3-1-2-4-9/h9-11H,1-8H2,(H,24,25)/t10-,11-/m1/s1. The van der Waals surface area contributed by atoms with Gasteiger partial charge in [0, 0.05) is 31.8 Å². The number of likely N-dealkylation sites (tertiary alicyclic amines) is 1. The molecule has 0 radical (unpaired) electrons. The molecule has 0 bridgehead atoms. The second kappa shape index (κ2) is 7.24. The van der Waals surface area contributed by atoms with Gasteiger partial charge in [-0.2, -0.15) is 18.2 Å². The lowest BCUT2D eigenvalue weighted by atomic mass is 9.96. The van der Waals surface area contributed by atoms with Crippen molar-refractivity contribution < 1.29 is 32.4 Å². The van der Waals surface area contributed by atoms with E-state index in [4.69, 9.17) is 9.63 Å². The van der Waals surface area contributed by atoms with Crippen molar-refractivity contribution in [2.75, 3.05) is 13.1 Å².